The minimum atomic E-state index is -0.441. The number of non-ortho nitro benzene ring substituents is 1. The molecule has 0 radical (unpaired) electrons. The van der Waals surface area contributed by atoms with Gasteiger partial charge in [-0.05, 0) is 18.6 Å². The standard InChI is InChI=1S/C7H6ClNO2.C2H6/c1-5-4-6(9(10)11)2-3-7(5)8;1-2/h2-4H,1H3;1-2H3. The Morgan fingerprint density at radius 2 is 1.92 bits per heavy atom. The molecular formula is C9H12ClNO2. The summed E-state index contributed by atoms with van der Waals surface area (Å²) in [5.74, 6) is 0. The maximum Gasteiger partial charge on any atom is 0.269 e. The van der Waals surface area contributed by atoms with Crippen molar-refractivity contribution in [1.82, 2.24) is 0 Å². The average molecular weight is 202 g/mol. The van der Waals surface area contributed by atoms with Crippen LogP contribution in [0.3, 0.4) is 0 Å². The van der Waals surface area contributed by atoms with Gasteiger partial charge in [0.25, 0.3) is 5.69 Å². The highest BCUT2D eigenvalue weighted by molar-refractivity contribution is 6.31. The van der Waals surface area contributed by atoms with Crippen LogP contribution >= 0.6 is 11.6 Å². The van der Waals surface area contributed by atoms with E-state index in [0.717, 1.165) is 5.56 Å². The SMILES string of the molecule is CC.Cc1cc([N+](=O)[O-])ccc1Cl. The van der Waals surface area contributed by atoms with Crippen LogP contribution in [0.25, 0.3) is 0 Å². The Labute approximate surface area is 82.5 Å². The molecule has 0 aromatic heterocycles. The lowest BCUT2D eigenvalue weighted by molar-refractivity contribution is -0.384. The summed E-state index contributed by atoms with van der Waals surface area (Å²) in [5, 5.41) is 10.8. The van der Waals surface area contributed by atoms with E-state index in [-0.39, 0.29) is 5.69 Å². The summed E-state index contributed by atoms with van der Waals surface area (Å²) in [6.07, 6.45) is 0. The molecule has 1 aromatic rings. The highest BCUT2D eigenvalue weighted by atomic mass is 35.5. The number of rotatable bonds is 1. The van der Waals surface area contributed by atoms with E-state index in [1.807, 2.05) is 13.8 Å². The highest BCUT2D eigenvalue weighted by Gasteiger charge is 2.05. The van der Waals surface area contributed by atoms with Crippen molar-refractivity contribution >= 4 is 17.3 Å². The molecule has 0 aliphatic rings. The minimum absolute atomic E-state index is 0.0758. The second-order valence-corrected chi connectivity index (χ2v) is 2.60. The van der Waals surface area contributed by atoms with Crippen molar-refractivity contribution in [3.05, 3.63) is 38.9 Å². The molecule has 13 heavy (non-hydrogen) atoms. The molecule has 0 fully saturated rings. The van der Waals surface area contributed by atoms with E-state index in [2.05, 4.69) is 0 Å². The molecule has 0 saturated carbocycles. The lowest BCUT2D eigenvalue weighted by Gasteiger charge is -1.95. The van der Waals surface area contributed by atoms with Crippen LogP contribution in [0.1, 0.15) is 19.4 Å². The Morgan fingerprint density at radius 3 is 2.31 bits per heavy atom. The molecule has 72 valence electrons. The van der Waals surface area contributed by atoms with Gasteiger partial charge in [-0.3, -0.25) is 10.1 Å². The predicted molar refractivity (Wildman–Crippen MR) is 54.2 cm³/mol. The van der Waals surface area contributed by atoms with Gasteiger partial charge in [-0.25, -0.2) is 0 Å². The molecule has 0 unspecified atom stereocenters. The highest BCUT2D eigenvalue weighted by Crippen LogP contribution is 2.20. The fourth-order valence-electron chi connectivity index (χ4n) is 0.742. The summed E-state index contributed by atoms with van der Waals surface area (Å²) in [6, 6.07) is 4.35. The molecule has 0 heterocycles. The first-order valence-corrected chi connectivity index (χ1v) is 4.39. The Morgan fingerprint density at radius 1 is 1.38 bits per heavy atom. The van der Waals surface area contributed by atoms with Gasteiger partial charge in [0.1, 0.15) is 0 Å². The number of aryl methyl sites for hydroxylation is 1. The van der Waals surface area contributed by atoms with Crippen molar-refractivity contribution in [1.29, 1.82) is 0 Å². The van der Waals surface area contributed by atoms with Gasteiger partial charge in [-0.15, -0.1) is 0 Å². The zero-order chi connectivity index (χ0) is 10.4. The van der Waals surface area contributed by atoms with Crippen molar-refractivity contribution in [3.63, 3.8) is 0 Å². The van der Waals surface area contributed by atoms with Crippen molar-refractivity contribution in [3.8, 4) is 0 Å². The van der Waals surface area contributed by atoms with Gasteiger partial charge in [0, 0.05) is 17.2 Å². The van der Waals surface area contributed by atoms with Crippen molar-refractivity contribution in [2.75, 3.05) is 0 Å². The molecule has 0 spiro atoms. The lowest BCUT2D eigenvalue weighted by atomic mass is 10.2. The summed E-state index contributed by atoms with van der Waals surface area (Å²) in [7, 11) is 0. The quantitative estimate of drug-likeness (QED) is 0.515. The Kier molecular flexibility index (Phi) is 5.07. The number of nitrogens with zero attached hydrogens (tertiary/aromatic N) is 1. The lowest BCUT2D eigenvalue weighted by Crippen LogP contribution is -1.87. The molecule has 3 nitrogen and oxygen atoms in total. The molecule has 0 aliphatic carbocycles. The molecule has 0 aliphatic heterocycles. The smallest absolute Gasteiger partial charge is 0.258 e. The van der Waals surface area contributed by atoms with E-state index in [1.165, 1.54) is 18.2 Å². The fourth-order valence-corrected chi connectivity index (χ4v) is 0.860. The molecule has 1 aromatic carbocycles. The van der Waals surface area contributed by atoms with Crippen molar-refractivity contribution in [2.45, 2.75) is 20.8 Å². The second-order valence-electron chi connectivity index (χ2n) is 2.19. The van der Waals surface area contributed by atoms with Crippen molar-refractivity contribution < 1.29 is 4.92 Å². The molecule has 0 amide bonds. The van der Waals surface area contributed by atoms with Crippen LogP contribution in [0.15, 0.2) is 18.2 Å². The molecule has 1 rings (SSSR count). The van der Waals surface area contributed by atoms with Crippen LogP contribution < -0.4 is 0 Å². The first-order chi connectivity index (χ1) is 6.11. The van der Waals surface area contributed by atoms with E-state index in [0.29, 0.717) is 5.02 Å². The molecule has 4 heteroatoms. The molecular weight excluding hydrogens is 190 g/mol. The number of nitro groups is 1. The zero-order valence-electron chi connectivity index (χ0n) is 7.87. The summed E-state index contributed by atoms with van der Waals surface area (Å²) >= 11 is 5.66. The maximum absolute atomic E-state index is 10.2. The number of hydrogen-bond donors (Lipinski definition) is 0. The van der Waals surface area contributed by atoms with Crippen LogP contribution in [0.2, 0.25) is 5.02 Å². The summed E-state index contributed by atoms with van der Waals surface area (Å²) in [4.78, 5) is 9.79. The number of halogens is 1. The Bertz CT molecular complexity index is 300. The van der Waals surface area contributed by atoms with Crippen LogP contribution in [-0.2, 0) is 0 Å². The van der Waals surface area contributed by atoms with Crippen LogP contribution in [-0.4, -0.2) is 4.92 Å². The van der Waals surface area contributed by atoms with E-state index in [4.69, 9.17) is 11.6 Å². The van der Waals surface area contributed by atoms with Gasteiger partial charge in [-0.2, -0.15) is 0 Å². The number of nitro benzene ring substituents is 1. The third kappa shape index (κ3) is 3.42. The largest absolute Gasteiger partial charge is 0.269 e. The summed E-state index contributed by atoms with van der Waals surface area (Å²) in [6.45, 7) is 5.73. The first-order valence-electron chi connectivity index (χ1n) is 4.02. The Balaban J connectivity index is 0.000000671. The summed E-state index contributed by atoms with van der Waals surface area (Å²) < 4.78 is 0. The van der Waals surface area contributed by atoms with E-state index < -0.39 is 4.92 Å². The van der Waals surface area contributed by atoms with Gasteiger partial charge in [0.15, 0.2) is 0 Å². The van der Waals surface area contributed by atoms with Gasteiger partial charge in [0.2, 0.25) is 0 Å². The summed E-state index contributed by atoms with van der Waals surface area (Å²) in [5.41, 5.74) is 0.799. The van der Waals surface area contributed by atoms with E-state index in [9.17, 15) is 10.1 Å². The van der Waals surface area contributed by atoms with Crippen LogP contribution in [0.5, 0.6) is 0 Å². The van der Waals surface area contributed by atoms with E-state index in [1.54, 1.807) is 6.92 Å². The van der Waals surface area contributed by atoms with Gasteiger partial charge >= 0.3 is 0 Å². The van der Waals surface area contributed by atoms with Crippen molar-refractivity contribution in [2.24, 2.45) is 0 Å². The van der Waals surface area contributed by atoms with Crippen LogP contribution in [0, 0.1) is 17.0 Å². The molecule has 0 N–H and O–H groups in total. The van der Waals surface area contributed by atoms with Gasteiger partial charge in [0.05, 0.1) is 4.92 Å². The topological polar surface area (TPSA) is 43.1 Å². The average Bonchev–Trinajstić information content (AvgIpc) is 2.13. The molecule has 0 bridgehead atoms. The fraction of sp³-hybridized carbons (Fsp3) is 0.333. The first kappa shape index (κ1) is 11.9. The zero-order valence-corrected chi connectivity index (χ0v) is 8.63. The molecule has 0 atom stereocenters. The predicted octanol–water partition coefficient (Wildman–Crippen LogP) is 3.58. The Hall–Kier alpha value is -1.09. The third-order valence-electron chi connectivity index (χ3n) is 1.35. The van der Waals surface area contributed by atoms with Crippen LogP contribution in [0.4, 0.5) is 5.69 Å². The maximum atomic E-state index is 10.2. The second kappa shape index (κ2) is 5.54. The van der Waals surface area contributed by atoms with Gasteiger partial charge < -0.3 is 0 Å². The molecule has 0 saturated heterocycles. The van der Waals surface area contributed by atoms with E-state index >= 15 is 0 Å². The normalized spacial score (nSPS) is 8.62. The number of hydrogen-bond acceptors (Lipinski definition) is 2. The number of benzene rings is 1. The van der Waals surface area contributed by atoms with Gasteiger partial charge in [-0.1, -0.05) is 25.4 Å². The third-order valence-corrected chi connectivity index (χ3v) is 1.78. The minimum Gasteiger partial charge on any atom is -0.258 e. The monoisotopic (exact) mass is 201 g/mol.